The number of hydrogen-bond donors (Lipinski definition) is 0. The van der Waals surface area contributed by atoms with Gasteiger partial charge in [-0.1, -0.05) is 26.3 Å². The van der Waals surface area contributed by atoms with Crippen LogP contribution >= 0.6 is 0 Å². The number of rotatable bonds is 0. The molecule has 0 amide bonds. The predicted molar refractivity (Wildman–Crippen MR) is 50.2 cm³/mol. The molecule has 0 spiro atoms. The van der Waals surface area contributed by atoms with E-state index in [2.05, 4.69) is 13.5 Å². The molecule has 2 aliphatic rings. The Morgan fingerprint density at radius 2 is 2.31 bits per heavy atom. The molecule has 2 heteroatoms. The number of ether oxygens (including phenoxy) is 1. The number of cyclic esters (lactones) is 1. The molecule has 13 heavy (non-hydrogen) atoms. The van der Waals surface area contributed by atoms with Gasteiger partial charge in [-0.3, -0.25) is 0 Å². The molecule has 1 aliphatic carbocycles. The topological polar surface area (TPSA) is 26.3 Å². The highest BCUT2D eigenvalue weighted by molar-refractivity contribution is 5.89. The molecule has 0 N–H and O–H groups in total. The van der Waals surface area contributed by atoms with Gasteiger partial charge in [-0.15, -0.1) is 0 Å². The Hall–Kier alpha value is -0.790. The molecule has 2 fully saturated rings. The molecule has 0 bridgehead atoms. The minimum absolute atomic E-state index is 0.177. The van der Waals surface area contributed by atoms with Gasteiger partial charge in [0.1, 0.15) is 0 Å². The van der Waals surface area contributed by atoms with Crippen molar-refractivity contribution in [2.45, 2.75) is 32.6 Å². The van der Waals surface area contributed by atoms with Crippen LogP contribution in [0.25, 0.3) is 0 Å². The van der Waals surface area contributed by atoms with Crippen LogP contribution < -0.4 is 0 Å². The lowest BCUT2D eigenvalue weighted by Gasteiger charge is -2.44. The maximum Gasteiger partial charge on any atom is 0.333 e. The van der Waals surface area contributed by atoms with Crippen molar-refractivity contribution in [1.82, 2.24) is 0 Å². The van der Waals surface area contributed by atoms with Crippen LogP contribution in [0.5, 0.6) is 0 Å². The molecule has 0 unspecified atom stereocenters. The van der Waals surface area contributed by atoms with E-state index < -0.39 is 0 Å². The van der Waals surface area contributed by atoms with Crippen LogP contribution in [0.4, 0.5) is 0 Å². The average Bonchev–Trinajstić information content (AvgIpc) is 2.12. The van der Waals surface area contributed by atoms with Gasteiger partial charge in [-0.2, -0.15) is 0 Å². The van der Waals surface area contributed by atoms with Gasteiger partial charge >= 0.3 is 5.97 Å². The molecule has 1 aliphatic heterocycles. The smallest absolute Gasteiger partial charge is 0.333 e. The van der Waals surface area contributed by atoms with Crippen LogP contribution in [-0.2, 0) is 9.53 Å². The number of esters is 1. The van der Waals surface area contributed by atoms with E-state index in [1.807, 2.05) is 0 Å². The van der Waals surface area contributed by atoms with Crippen LogP contribution in [0.1, 0.15) is 32.6 Å². The lowest BCUT2D eigenvalue weighted by molar-refractivity contribution is -0.152. The van der Waals surface area contributed by atoms with Gasteiger partial charge in [-0.25, -0.2) is 4.79 Å². The van der Waals surface area contributed by atoms with Gasteiger partial charge < -0.3 is 4.74 Å². The first-order chi connectivity index (χ1) is 6.13. The second-order valence-electron chi connectivity index (χ2n) is 4.55. The largest absolute Gasteiger partial charge is 0.462 e. The molecular weight excluding hydrogens is 164 g/mol. The van der Waals surface area contributed by atoms with E-state index >= 15 is 0 Å². The lowest BCUT2D eigenvalue weighted by atomic mass is 9.64. The van der Waals surface area contributed by atoms with Crippen molar-refractivity contribution in [3.8, 4) is 0 Å². The zero-order valence-corrected chi connectivity index (χ0v) is 8.14. The second-order valence-corrected chi connectivity index (χ2v) is 4.55. The van der Waals surface area contributed by atoms with Gasteiger partial charge in [0.05, 0.1) is 6.61 Å². The Balaban J connectivity index is 2.24. The summed E-state index contributed by atoms with van der Waals surface area (Å²) >= 11 is 0. The highest BCUT2D eigenvalue weighted by atomic mass is 16.5. The second kappa shape index (κ2) is 2.86. The van der Waals surface area contributed by atoms with E-state index in [0.29, 0.717) is 18.1 Å². The number of carbonyl (C=O) groups is 1. The van der Waals surface area contributed by atoms with Gasteiger partial charge in [0.15, 0.2) is 0 Å². The fourth-order valence-corrected chi connectivity index (χ4v) is 2.63. The highest BCUT2D eigenvalue weighted by Crippen LogP contribution is 2.47. The molecule has 0 aromatic rings. The molecule has 2 nitrogen and oxygen atoms in total. The Labute approximate surface area is 79.0 Å². The van der Waals surface area contributed by atoms with Crippen molar-refractivity contribution in [2.24, 2.45) is 11.3 Å². The summed E-state index contributed by atoms with van der Waals surface area (Å²) in [4.78, 5) is 11.3. The van der Waals surface area contributed by atoms with Crippen molar-refractivity contribution in [1.29, 1.82) is 0 Å². The van der Waals surface area contributed by atoms with Crippen LogP contribution in [0, 0.1) is 11.3 Å². The Morgan fingerprint density at radius 1 is 1.54 bits per heavy atom. The van der Waals surface area contributed by atoms with Crippen molar-refractivity contribution in [3.05, 3.63) is 12.2 Å². The highest BCUT2D eigenvalue weighted by Gasteiger charge is 2.44. The molecular formula is C11H16O2. The van der Waals surface area contributed by atoms with E-state index in [4.69, 9.17) is 4.74 Å². The molecule has 1 saturated carbocycles. The fourth-order valence-electron chi connectivity index (χ4n) is 2.63. The van der Waals surface area contributed by atoms with Gasteiger partial charge in [0.2, 0.25) is 0 Å². The predicted octanol–water partition coefficient (Wildman–Crippen LogP) is 2.30. The van der Waals surface area contributed by atoms with E-state index in [9.17, 15) is 4.79 Å². The van der Waals surface area contributed by atoms with E-state index in [1.54, 1.807) is 0 Å². The third-order valence-corrected chi connectivity index (χ3v) is 3.55. The summed E-state index contributed by atoms with van der Waals surface area (Å²) in [6, 6.07) is 0. The summed E-state index contributed by atoms with van der Waals surface area (Å²) in [7, 11) is 0. The minimum Gasteiger partial charge on any atom is -0.462 e. The first-order valence-corrected chi connectivity index (χ1v) is 4.99. The van der Waals surface area contributed by atoms with E-state index in [1.165, 1.54) is 19.3 Å². The normalized spacial score (nSPS) is 39.6. The molecule has 0 radical (unpaired) electrons. The summed E-state index contributed by atoms with van der Waals surface area (Å²) in [6.07, 6.45) is 4.78. The summed E-state index contributed by atoms with van der Waals surface area (Å²) in [6.45, 7) is 6.66. The summed E-state index contributed by atoms with van der Waals surface area (Å²) < 4.78 is 5.12. The van der Waals surface area contributed by atoms with Crippen LogP contribution in [-0.4, -0.2) is 12.6 Å². The molecule has 0 aromatic carbocycles. The Morgan fingerprint density at radius 3 is 3.08 bits per heavy atom. The first kappa shape index (κ1) is 8.79. The molecule has 0 aromatic heterocycles. The Kier molecular flexibility index (Phi) is 1.94. The summed E-state index contributed by atoms with van der Waals surface area (Å²) in [5.41, 5.74) is 0.886. The third kappa shape index (κ3) is 1.28. The summed E-state index contributed by atoms with van der Waals surface area (Å²) in [5, 5.41) is 0. The van der Waals surface area contributed by atoms with Gasteiger partial charge in [-0.05, 0) is 18.8 Å². The van der Waals surface area contributed by atoms with Crippen molar-refractivity contribution in [3.63, 3.8) is 0 Å². The average molecular weight is 180 g/mol. The van der Waals surface area contributed by atoms with Gasteiger partial charge in [0, 0.05) is 11.0 Å². The molecule has 1 heterocycles. The summed E-state index contributed by atoms with van der Waals surface area (Å²) in [5.74, 6) is 0.201. The van der Waals surface area contributed by atoms with E-state index in [-0.39, 0.29) is 11.4 Å². The number of hydrogen-bond acceptors (Lipinski definition) is 2. The SMILES string of the molecule is C=C1C(=O)OC[C@@]2(C)CCCC[C@@H]12. The minimum atomic E-state index is -0.177. The number of carbonyl (C=O) groups excluding carboxylic acids is 1. The zero-order valence-electron chi connectivity index (χ0n) is 8.14. The molecule has 2 atom stereocenters. The fraction of sp³-hybridized carbons (Fsp3) is 0.727. The lowest BCUT2D eigenvalue weighted by Crippen LogP contribution is -2.43. The van der Waals surface area contributed by atoms with Gasteiger partial charge in [0.25, 0.3) is 0 Å². The van der Waals surface area contributed by atoms with Crippen molar-refractivity contribution in [2.75, 3.05) is 6.61 Å². The van der Waals surface area contributed by atoms with Crippen molar-refractivity contribution >= 4 is 5.97 Å². The standard InChI is InChI=1S/C11H16O2/c1-8-9-5-3-4-6-11(9,2)7-13-10(8)12/h9H,1,3-7H2,2H3/t9-,11+/m0/s1. The van der Waals surface area contributed by atoms with E-state index in [0.717, 1.165) is 6.42 Å². The third-order valence-electron chi connectivity index (χ3n) is 3.55. The van der Waals surface area contributed by atoms with Crippen LogP contribution in [0.3, 0.4) is 0 Å². The van der Waals surface area contributed by atoms with Crippen molar-refractivity contribution < 1.29 is 9.53 Å². The number of fused-ring (bicyclic) bond motifs is 1. The Bertz CT molecular complexity index is 257. The maximum atomic E-state index is 11.3. The molecule has 72 valence electrons. The zero-order chi connectivity index (χ0) is 9.47. The monoisotopic (exact) mass is 180 g/mol. The van der Waals surface area contributed by atoms with Crippen LogP contribution in [0.2, 0.25) is 0 Å². The quantitative estimate of drug-likeness (QED) is 0.422. The van der Waals surface area contributed by atoms with Crippen LogP contribution in [0.15, 0.2) is 12.2 Å². The molecule has 1 saturated heterocycles. The molecule has 2 rings (SSSR count). The first-order valence-electron chi connectivity index (χ1n) is 4.99. The maximum absolute atomic E-state index is 11.3.